The number of nitrogen functional groups attached to an aromatic ring is 1. The molecule has 1 rings (SSSR count). The van der Waals surface area contributed by atoms with Crippen LogP contribution in [-0.2, 0) is 10.1 Å². The number of carboxylic acid groups (broad SMARTS) is 1. The fourth-order valence-corrected chi connectivity index (χ4v) is 1.58. The van der Waals surface area contributed by atoms with Crippen LogP contribution >= 0.6 is 0 Å². The number of hydrogen-bond acceptors (Lipinski definition) is 6. The summed E-state index contributed by atoms with van der Waals surface area (Å²) in [6.07, 6.45) is 0. The topological polar surface area (TPSA) is 144 Å². The van der Waals surface area contributed by atoms with E-state index in [9.17, 15) is 23.4 Å². The Bertz CT molecular complexity index is 529. The molecular formula is C7H5Li2NO6S. The summed E-state index contributed by atoms with van der Waals surface area (Å²) in [5.74, 6) is -2.97. The molecule has 10 heteroatoms. The minimum atomic E-state index is -4.64. The maximum atomic E-state index is 11.2. The van der Waals surface area contributed by atoms with Gasteiger partial charge < -0.3 is 20.7 Å². The molecule has 0 unspecified atom stereocenters. The van der Waals surface area contributed by atoms with Gasteiger partial charge in [-0.3, -0.25) is 4.55 Å². The van der Waals surface area contributed by atoms with E-state index in [4.69, 9.17) is 10.3 Å². The maximum absolute atomic E-state index is 11.2. The van der Waals surface area contributed by atoms with Crippen LogP contribution < -0.4 is 53.7 Å². The molecule has 0 saturated heterocycles. The van der Waals surface area contributed by atoms with Gasteiger partial charge in [-0.2, -0.15) is 8.42 Å². The summed E-state index contributed by atoms with van der Waals surface area (Å²) < 4.78 is 29.9. The van der Waals surface area contributed by atoms with Crippen LogP contribution in [0.3, 0.4) is 0 Å². The number of anilines is 1. The molecular weight excluding hydrogens is 240 g/mol. The van der Waals surface area contributed by atoms with Gasteiger partial charge in [0.25, 0.3) is 10.1 Å². The van der Waals surface area contributed by atoms with Crippen molar-refractivity contribution >= 4 is 21.8 Å². The third kappa shape index (κ3) is 3.96. The minimum absolute atomic E-state index is 0. The van der Waals surface area contributed by atoms with E-state index < -0.39 is 38.0 Å². The van der Waals surface area contributed by atoms with Crippen molar-refractivity contribution in [2.45, 2.75) is 4.90 Å². The quantitative estimate of drug-likeness (QED) is 0.299. The second-order valence-electron chi connectivity index (χ2n) is 2.62. The summed E-state index contributed by atoms with van der Waals surface area (Å²) in [4.78, 5) is 9.53. The molecule has 0 bridgehead atoms. The van der Waals surface area contributed by atoms with Gasteiger partial charge in [0.05, 0.1) is 5.97 Å². The van der Waals surface area contributed by atoms with Gasteiger partial charge in [-0.25, -0.2) is 0 Å². The van der Waals surface area contributed by atoms with E-state index in [0.29, 0.717) is 6.07 Å². The molecule has 0 amide bonds. The Morgan fingerprint density at radius 2 is 1.76 bits per heavy atom. The Morgan fingerprint density at radius 3 is 2.12 bits per heavy atom. The van der Waals surface area contributed by atoms with Crippen LogP contribution in [0.1, 0.15) is 10.4 Å². The second kappa shape index (κ2) is 6.36. The van der Waals surface area contributed by atoms with Gasteiger partial charge in [0.15, 0.2) is 0 Å². The van der Waals surface area contributed by atoms with E-state index >= 15 is 0 Å². The van der Waals surface area contributed by atoms with Crippen LogP contribution in [0.15, 0.2) is 17.0 Å². The van der Waals surface area contributed by atoms with Crippen molar-refractivity contribution in [3.05, 3.63) is 17.7 Å². The predicted molar refractivity (Wildman–Crippen MR) is 44.4 cm³/mol. The summed E-state index contributed by atoms with van der Waals surface area (Å²) >= 11 is 0. The monoisotopic (exact) mass is 245 g/mol. The molecule has 0 aliphatic heterocycles. The fraction of sp³-hybridized carbons (Fsp3) is 0. The van der Waals surface area contributed by atoms with E-state index in [-0.39, 0.29) is 37.7 Å². The van der Waals surface area contributed by atoms with Crippen LogP contribution in [0.5, 0.6) is 5.75 Å². The zero-order valence-electron chi connectivity index (χ0n) is 9.13. The van der Waals surface area contributed by atoms with Crippen molar-refractivity contribution in [1.29, 1.82) is 0 Å². The molecule has 3 N–H and O–H groups in total. The molecule has 0 radical (unpaired) electrons. The van der Waals surface area contributed by atoms with E-state index in [1.807, 2.05) is 0 Å². The largest absolute Gasteiger partial charge is 1.00 e. The number of rotatable bonds is 2. The predicted octanol–water partition coefficient (Wildman–Crippen LogP) is -8.04. The summed E-state index contributed by atoms with van der Waals surface area (Å²) in [5, 5.41) is 21.5. The van der Waals surface area contributed by atoms with Crippen LogP contribution in [0.4, 0.5) is 5.69 Å². The first kappa shape index (κ1) is 18.8. The number of nitrogens with two attached hydrogens (primary N) is 1. The molecule has 1 aromatic rings. The fourth-order valence-electron chi connectivity index (χ4n) is 0.967. The molecule has 0 aromatic heterocycles. The number of aromatic carboxylic acids is 1. The maximum Gasteiger partial charge on any atom is 1.00 e. The zero-order valence-corrected chi connectivity index (χ0v) is 9.95. The molecule has 0 heterocycles. The van der Waals surface area contributed by atoms with Gasteiger partial charge in [0.2, 0.25) is 0 Å². The second-order valence-corrected chi connectivity index (χ2v) is 4.01. The van der Waals surface area contributed by atoms with Crippen molar-refractivity contribution in [3.8, 4) is 5.75 Å². The van der Waals surface area contributed by atoms with E-state index in [1.165, 1.54) is 0 Å². The zero-order chi connectivity index (χ0) is 11.8. The SMILES string of the molecule is Nc1c(S(=O)(=O)O)ccc(C(=O)[O-])c1[O-].[Li+].[Li+]. The number of carbonyl (C=O) groups excluding carboxylic acids is 1. The molecule has 0 aliphatic rings. The minimum Gasteiger partial charge on any atom is -0.871 e. The average Bonchev–Trinajstić information content (AvgIpc) is 2.06. The standard InChI is InChI=1S/C7H7NO6S.2Li/c8-5-4(15(12,13)14)2-1-3(6(5)9)7(10)11;;/h1-2,9H,8H2,(H,10,11)(H,12,13,14);;/q;2*+1/p-2. The third-order valence-electron chi connectivity index (χ3n) is 1.65. The molecule has 82 valence electrons. The van der Waals surface area contributed by atoms with E-state index in [1.54, 1.807) is 0 Å². The summed E-state index contributed by atoms with van der Waals surface area (Å²) in [6, 6.07) is 1.42. The van der Waals surface area contributed by atoms with Crippen molar-refractivity contribution < 1.29 is 65.7 Å². The molecule has 0 saturated carbocycles. The van der Waals surface area contributed by atoms with Crippen molar-refractivity contribution in [1.82, 2.24) is 0 Å². The Hall–Kier alpha value is -0.605. The third-order valence-corrected chi connectivity index (χ3v) is 2.57. The van der Waals surface area contributed by atoms with Crippen LogP contribution in [0.25, 0.3) is 0 Å². The first-order valence-corrected chi connectivity index (χ1v) is 4.97. The smallest absolute Gasteiger partial charge is 0.871 e. The molecule has 7 nitrogen and oxygen atoms in total. The molecule has 0 atom stereocenters. The number of hydrogen-bond donors (Lipinski definition) is 2. The Kier molecular flexibility index (Phi) is 7.02. The Morgan fingerprint density at radius 1 is 1.29 bits per heavy atom. The van der Waals surface area contributed by atoms with Crippen LogP contribution in [0, 0.1) is 0 Å². The van der Waals surface area contributed by atoms with Gasteiger partial charge in [-0.05, 0) is 11.6 Å². The molecule has 0 fully saturated rings. The van der Waals surface area contributed by atoms with Gasteiger partial charge in [0, 0.05) is 5.69 Å². The van der Waals surface area contributed by atoms with Gasteiger partial charge in [0.1, 0.15) is 4.90 Å². The summed E-state index contributed by atoms with van der Waals surface area (Å²) in [7, 11) is -4.64. The van der Waals surface area contributed by atoms with Crippen molar-refractivity contribution in [2.24, 2.45) is 0 Å². The number of carbonyl (C=O) groups is 1. The summed E-state index contributed by atoms with van der Waals surface area (Å²) in [5.41, 5.74) is 3.45. The molecule has 0 aliphatic carbocycles. The molecule has 1 aromatic carbocycles. The van der Waals surface area contributed by atoms with Crippen molar-refractivity contribution in [3.63, 3.8) is 0 Å². The molecule has 17 heavy (non-hydrogen) atoms. The van der Waals surface area contributed by atoms with Gasteiger partial charge >= 0.3 is 37.7 Å². The first-order chi connectivity index (χ1) is 6.75. The summed E-state index contributed by atoms with van der Waals surface area (Å²) in [6.45, 7) is 0. The molecule has 0 spiro atoms. The Balaban J connectivity index is 0. The number of benzene rings is 1. The first-order valence-electron chi connectivity index (χ1n) is 3.53. The number of carboxylic acids is 1. The Labute approximate surface area is 121 Å². The average molecular weight is 245 g/mol. The van der Waals surface area contributed by atoms with E-state index in [0.717, 1.165) is 6.07 Å². The van der Waals surface area contributed by atoms with Crippen LogP contribution in [-0.4, -0.2) is 18.9 Å². The normalized spacial score (nSPS) is 9.94. The van der Waals surface area contributed by atoms with Gasteiger partial charge in [-0.1, -0.05) is 11.8 Å². The van der Waals surface area contributed by atoms with Gasteiger partial charge in [-0.15, -0.1) is 0 Å². The van der Waals surface area contributed by atoms with Crippen molar-refractivity contribution in [2.75, 3.05) is 5.73 Å². The van der Waals surface area contributed by atoms with Crippen LogP contribution in [0.2, 0.25) is 0 Å². The van der Waals surface area contributed by atoms with E-state index in [2.05, 4.69) is 0 Å².